The molecule has 0 bridgehead atoms. The summed E-state index contributed by atoms with van der Waals surface area (Å²) in [4.78, 5) is 37.7. The Bertz CT molecular complexity index is 1160. The summed E-state index contributed by atoms with van der Waals surface area (Å²) in [7, 11) is 0. The SMILES string of the molecule is CC(=O)/C=C/[C@H](CCc1ccccc1)NC(=O)[C@H](Cc1ccccc1)NC(=O)c1cccc(F)c1. The fourth-order valence-corrected chi connectivity index (χ4v) is 3.65. The number of carbonyl (C=O) groups excluding carboxylic acids is 3. The van der Waals surface area contributed by atoms with Crippen LogP contribution in [0.4, 0.5) is 4.39 Å². The Labute approximate surface area is 205 Å². The maximum absolute atomic E-state index is 13.6. The van der Waals surface area contributed by atoms with Crippen LogP contribution in [0.2, 0.25) is 0 Å². The van der Waals surface area contributed by atoms with E-state index in [9.17, 15) is 18.8 Å². The van der Waals surface area contributed by atoms with Gasteiger partial charge in [-0.25, -0.2) is 4.39 Å². The minimum absolute atomic E-state index is 0.121. The van der Waals surface area contributed by atoms with Crippen LogP contribution in [0.25, 0.3) is 0 Å². The van der Waals surface area contributed by atoms with E-state index < -0.39 is 23.8 Å². The summed E-state index contributed by atoms with van der Waals surface area (Å²) in [6.07, 6.45) is 4.66. The van der Waals surface area contributed by atoms with Gasteiger partial charge in [-0.05, 0) is 55.2 Å². The summed E-state index contributed by atoms with van der Waals surface area (Å²) >= 11 is 0. The average molecular weight is 473 g/mol. The van der Waals surface area contributed by atoms with Crippen molar-refractivity contribution in [3.63, 3.8) is 0 Å². The zero-order valence-corrected chi connectivity index (χ0v) is 19.6. The Hall–Kier alpha value is -4.06. The molecule has 0 aliphatic carbocycles. The minimum atomic E-state index is -0.891. The second-order valence-corrected chi connectivity index (χ2v) is 8.34. The number of amides is 2. The molecular weight excluding hydrogens is 443 g/mol. The van der Waals surface area contributed by atoms with Crippen LogP contribution < -0.4 is 10.6 Å². The third-order valence-electron chi connectivity index (χ3n) is 5.47. The summed E-state index contributed by atoms with van der Waals surface area (Å²) in [6.45, 7) is 1.45. The number of halogens is 1. The van der Waals surface area contributed by atoms with E-state index in [0.29, 0.717) is 12.8 Å². The molecule has 6 heteroatoms. The van der Waals surface area contributed by atoms with Crippen LogP contribution in [0.1, 0.15) is 34.8 Å². The van der Waals surface area contributed by atoms with Crippen molar-refractivity contribution in [3.05, 3.63) is 120 Å². The highest BCUT2D eigenvalue weighted by molar-refractivity contribution is 5.97. The fraction of sp³-hybridized carbons (Fsp3) is 0.207. The largest absolute Gasteiger partial charge is 0.348 e. The fourth-order valence-electron chi connectivity index (χ4n) is 3.65. The van der Waals surface area contributed by atoms with Gasteiger partial charge in [0.15, 0.2) is 5.78 Å². The van der Waals surface area contributed by atoms with Crippen molar-refractivity contribution in [1.29, 1.82) is 0 Å². The Balaban J connectivity index is 1.77. The average Bonchev–Trinajstić information content (AvgIpc) is 2.86. The smallest absolute Gasteiger partial charge is 0.252 e. The molecule has 3 aromatic rings. The molecule has 5 nitrogen and oxygen atoms in total. The highest BCUT2D eigenvalue weighted by Gasteiger charge is 2.24. The van der Waals surface area contributed by atoms with Crippen LogP contribution in [-0.4, -0.2) is 29.7 Å². The van der Waals surface area contributed by atoms with Gasteiger partial charge in [-0.1, -0.05) is 72.8 Å². The molecule has 2 atom stereocenters. The topological polar surface area (TPSA) is 75.3 Å². The van der Waals surface area contributed by atoms with Crippen LogP contribution in [0.15, 0.2) is 97.1 Å². The molecule has 0 saturated heterocycles. The number of aryl methyl sites for hydroxylation is 1. The highest BCUT2D eigenvalue weighted by atomic mass is 19.1. The van der Waals surface area contributed by atoms with Gasteiger partial charge in [-0.15, -0.1) is 0 Å². The predicted octanol–water partition coefficient (Wildman–Crippen LogP) is 4.43. The highest BCUT2D eigenvalue weighted by Crippen LogP contribution is 2.10. The number of benzene rings is 3. The molecule has 0 heterocycles. The van der Waals surface area contributed by atoms with E-state index in [1.807, 2.05) is 60.7 Å². The van der Waals surface area contributed by atoms with Gasteiger partial charge in [-0.3, -0.25) is 14.4 Å². The third-order valence-corrected chi connectivity index (χ3v) is 5.47. The molecule has 0 aromatic heterocycles. The van der Waals surface area contributed by atoms with Gasteiger partial charge in [0.05, 0.1) is 0 Å². The van der Waals surface area contributed by atoms with E-state index in [0.717, 1.165) is 17.2 Å². The van der Waals surface area contributed by atoms with Gasteiger partial charge in [0, 0.05) is 18.0 Å². The molecule has 0 unspecified atom stereocenters. The normalized spacial score (nSPS) is 12.6. The maximum Gasteiger partial charge on any atom is 0.252 e. The molecule has 3 rings (SSSR count). The summed E-state index contributed by atoms with van der Waals surface area (Å²) in [5.74, 6) is -1.58. The zero-order valence-electron chi connectivity index (χ0n) is 19.6. The number of carbonyl (C=O) groups is 3. The van der Waals surface area contributed by atoms with Crippen LogP contribution >= 0.6 is 0 Å². The van der Waals surface area contributed by atoms with Crippen LogP contribution in [0.5, 0.6) is 0 Å². The van der Waals surface area contributed by atoms with E-state index in [2.05, 4.69) is 10.6 Å². The van der Waals surface area contributed by atoms with Crippen molar-refractivity contribution < 1.29 is 18.8 Å². The first-order valence-corrected chi connectivity index (χ1v) is 11.5. The zero-order chi connectivity index (χ0) is 25.0. The molecule has 0 aliphatic heterocycles. The number of hydrogen-bond acceptors (Lipinski definition) is 3. The maximum atomic E-state index is 13.6. The molecule has 35 heavy (non-hydrogen) atoms. The summed E-state index contributed by atoms with van der Waals surface area (Å²) in [5, 5.41) is 5.71. The molecule has 0 saturated carbocycles. The monoisotopic (exact) mass is 472 g/mol. The predicted molar refractivity (Wildman–Crippen MR) is 134 cm³/mol. The summed E-state index contributed by atoms with van der Waals surface area (Å²) in [6, 6.07) is 23.2. The molecular formula is C29H29FN2O3. The lowest BCUT2D eigenvalue weighted by molar-refractivity contribution is -0.123. The first kappa shape index (κ1) is 25.6. The van der Waals surface area contributed by atoms with Gasteiger partial charge in [0.25, 0.3) is 5.91 Å². The van der Waals surface area contributed by atoms with E-state index in [-0.39, 0.29) is 23.7 Å². The third kappa shape index (κ3) is 8.66. The standard InChI is InChI=1S/C29H29FN2O3/c1-21(33)15-17-26(18-16-22-9-4-2-5-10-22)31-29(35)27(19-23-11-6-3-7-12-23)32-28(34)24-13-8-14-25(30)20-24/h2-15,17,20,26-27H,16,18-19H2,1H3,(H,31,35)(H,32,34)/b17-15+/t26-,27+/m1/s1. The second kappa shape index (κ2) is 13.0. The van der Waals surface area contributed by atoms with Crippen molar-refractivity contribution in [2.45, 2.75) is 38.3 Å². The van der Waals surface area contributed by atoms with Crippen molar-refractivity contribution in [2.75, 3.05) is 0 Å². The minimum Gasteiger partial charge on any atom is -0.348 e. The van der Waals surface area contributed by atoms with Gasteiger partial charge >= 0.3 is 0 Å². The Kier molecular flexibility index (Phi) is 9.49. The number of nitrogens with one attached hydrogen (secondary N) is 2. The van der Waals surface area contributed by atoms with E-state index in [4.69, 9.17) is 0 Å². The van der Waals surface area contributed by atoms with Crippen molar-refractivity contribution in [3.8, 4) is 0 Å². The first-order chi connectivity index (χ1) is 16.9. The molecule has 180 valence electrons. The van der Waals surface area contributed by atoms with Gasteiger partial charge in [-0.2, -0.15) is 0 Å². The molecule has 2 amide bonds. The van der Waals surface area contributed by atoms with E-state index in [1.165, 1.54) is 31.2 Å². The van der Waals surface area contributed by atoms with Gasteiger partial charge < -0.3 is 10.6 Å². The van der Waals surface area contributed by atoms with Crippen LogP contribution in [-0.2, 0) is 22.4 Å². The second-order valence-electron chi connectivity index (χ2n) is 8.34. The van der Waals surface area contributed by atoms with Crippen molar-refractivity contribution in [2.24, 2.45) is 0 Å². The molecule has 0 fully saturated rings. The van der Waals surface area contributed by atoms with Crippen LogP contribution in [0.3, 0.4) is 0 Å². The number of allylic oxidation sites excluding steroid dienone is 1. The Morgan fingerprint density at radius 3 is 2.14 bits per heavy atom. The van der Waals surface area contributed by atoms with E-state index in [1.54, 1.807) is 6.08 Å². The molecule has 0 aliphatic rings. The first-order valence-electron chi connectivity index (χ1n) is 11.5. The van der Waals surface area contributed by atoms with E-state index >= 15 is 0 Å². The quantitative estimate of drug-likeness (QED) is 0.406. The lowest BCUT2D eigenvalue weighted by Crippen LogP contribution is -2.50. The molecule has 0 radical (unpaired) electrons. The van der Waals surface area contributed by atoms with Crippen molar-refractivity contribution >= 4 is 17.6 Å². The Morgan fingerprint density at radius 2 is 1.51 bits per heavy atom. The molecule has 2 N–H and O–H groups in total. The van der Waals surface area contributed by atoms with Gasteiger partial charge in [0.2, 0.25) is 5.91 Å². The summed E-state index contributed by atoms with van der Waals surface area (Å²) < 4.78 is 13.6. The summed E-state index contributed by atoms with van der Waals surface area (Å²) in [5.41, 5.74) is 2.11. The number of hydrogen-bond donors (Lipinski definition) is 2. The van der Waals surface area contributed by atoms with Gasteiger partial charge in [0.1, 0.15) is 11.9 Å². The molecule has 0 spiro atoms. The lowest BCUT2D eigenvalue weighted by Gasteiger charge is -2.22. The Morgan fingerprint density at radius 1 is 0.857 bits per heavy atom. The number of ketones is 1. The number of rotatable bonds is 11. The lowest BCUT2D eigenvalue weighted by atomic mass is 10.0. The van der Waals surface area contributed by atoms with Crippen molar-refractivity contribution in [1.82, 2.24) is 10.6 Å². The van der Waals surface area contributed by atoms with Crippen LogP contribution in [0, 0.1) is 5.82 Å². The molecule has 3 aromatic carbocycles.